The third-order valence-electron chi connectivity index (χ3n) is 7.35. The molecule has 1 fully saturated rings. The van der Waals surface area contributed by atoms with Crippen LogP contribution in [0.15, 0.2) is 48.5 Å². The molecule has 1 atom stereocenters. The summed E-state index contributed by atoms with van der Waals surface area (Å²) in [5, 5.41) is 9.86. The Labute approximate surface area is 184 Å². The summed E-state index contributed by atoms with van der Waals surface area (Å²) in [5.74, 6) is -1.42. The summed E-state index contributed by atoms with van der Waals surface area (Å²) in [5.41, 5.74) is 4.04. The average Bonchev–Trinajstić information content (AvgIpc) is 3.11. The molecule has 2 aromatic carbocycles. The molecular formula is C26H31NO4. The van der Waals surface area contributed by atoms with E-state index in [4.69, 9.17) is 4.74 Å². The summed E-state index contributed by atoms with van der Waals surface area (Å²) in [6.07, 6.45) is 4.43. The van der Waals surface area contributed by atoms with Gasteiger partial charge in [-0.3, -0.25) is 4.79 Å². The van der Waals surface area contributed by atoms with Gasteiger partial charge < -0.3 is 14.7 Å². The molecule has 1 unspecified atom stereocenters. The largest absolute Gasteiger partial charge is 0.481 e. The number of benzene rings is 2. The zero-order valence-corrected chi connectivity index (χ0v) is 18.3. The number of carboxylic acids is 1. The Morgan fingerprint density at radius 3 is 2.10 bits per heavy atom. The van der Waals surface area contributed by atoms with Crippen LogP contribution in [0.25, 0.3) is 11.1 Å². The predicted molar refractivity (Wildman–Crippen MR) is 120 cm³/mol. The van der Waals surface area contributed by atoms with Gasteiger partial charge in [-0.25, -0.2) is 4.79 Å². The number of amides is 1. The summed E-state index contributed by atoms with van der Waals surface area (Å²) >= 11 is 0. The van der Waals surface area contributed by atoms with Crippen LogP contribution >= 0.6 is 0 Å². The van der Waals surface area contributed by atoms with Gasteiger partial charge in [0, 0.05) is 13.0 Å². The number of aliphatic carboxylic acids is 1. The summed E-state index contributed by atoms with van der Waals surface area (Å²) in [6, 6.07) is 16.5. The number of fused-ring (bicyclic) bond motifs is 3. The Balaban J connectivity index is 1.55. The van der Waals surface area contributed by atoms with E-state index in [0.717, 1.165) is 19.3 Å². The van der Waals surface area contributed by atoms with E-state index in [0.29, 0.717) is 19.3 Å². The highest BCUT2D eigenvalue weighted by Gasteiger charge is 2.48. The molecule has 2 aromatic rings. The number of rotatable bonds is 6. The first-order valence-electron chi connectivity index (χ1n) is 11.3. The molecule has 0 aliphatic heterocycles. The fourth-order valence-electron chi connectivity index (χ4n) is 5.74. The molecule has 0 spiro atoms. The van der Waals surface area contributed by atoms with Gasteiger partial charge in [0.2, 0.25) is 0 Å². The van der Waals surface area contributed by atoms with Crippen molar-refractivity contribution in [1.82, 2.24) is 4.90 Å². The topological polar surface area (TPSA) is 66.8 Å². The minimum absolute atomic E-state index is 0.00602. The highest BCUT2D eigenvalue weighted by atomic mass is 16.6. The maximum atomic E-state index is 13.2. The Hall–Kier alpha value is -2.82. The molecule has 0 saturated heterocycles. The van der Waals surface area contributed by atoms with E-state index in [2.05, 4.69) is 24.3 Å². The van der Waals surface area contributed by atoms with Crippen LogP contribution in [-0.4, -0.2) is 41.3 Å². The molecule has 2 aliphatic rings. The lowest BCUT2D eigenvalue weighted by atomic mass is 9.70. The first-order chi connectivity index (χ1) is 15.0. The molecule has 0 heterocycles. The van der Waals surface area contributed by atoms with E-state index in [1.54, 1.807) is 11.9 Å². The minimum Gasteiger partial charge on any atom is -0.481 e. The molecule has 4 rings (SSSR count). The van der Waals surface area contributed by atoms with Gasteiger partial charge in [-0.05, 0) is 41.5 Å². The highest BCUT2D eigenvalue weighted by Crippen LogP contribution is 2.45. The zero-order chi connectivity index (χ0) is 22.0. The summed E-state index contributed by atoms with van der Waals surface area (Å²) in [7, 11) is 1.72. The molecule has 0 bridgehead atoms. The van der Waals surface area contributed by atoms with Crippen LogP contribution in [-0.2, 0) is 9.53 Å². The van der Waals surface area contributed by atoms with E-state index in [1.807, 2.05) is 31.2 Å². The van der Waals surface area contributed by atoms with Crippen LogP contribution in [0.1, 0.15) is 62.5 Å². The van der Waals surface area contributed by atoms with Gasteiger partial charge in [-0.1, -0.05) is 74.7 Å². The molecule has 0 radical (unpaired) electrons. The second kappa shape index (κ2) is 8.74. The Kier molecular flexibility index (Phi) is 6.03. The van der Waals surface area contributed by atoms with Crippen molar-refractivity contribution >= 4 is 12.1 Å². The first kappa shape index (κ1) is 21.4. The SMILES string of the molecule is CCC(C(=O)O)C1(N(C)C(=O)OCC2c3ccccc3-c3ccccc32)CCCCC1. The number of carboxylic acid groups (broad SMARTS) is 1. The molecule has 2 aliphatic carbocycles. The number of nitrogens with zero attached hydrogens (tertiary/aromatic N) is 1. The molecule has 0 aromatic heterocycles. The molecule has 5 heteroatoms. The lowest BCUT2D eigenvalue weighted by molar-refractivity contribution is -0.148. The summed E-state index contributed by atoms with van der Waals surface area (Å²) in [6.45, 7) is 2.14. The van der Waals surface area contributed by atoms with Crippen LogP contribution < -0.4 is 0 Å². The molecular weight excluding hydrogens is 390 g/mol. The van der Waals surface area contributed by atoms with E-state index in [9.17, 15) is 14.7 Å². The van der Waals surface area contributed by atoms with Crippen LogP contribution in [0.5, 0.6) is 0 Å². The van der Waals surface area contributed by atoms with Crippen molar-refractivity contribution in [3.05, 3.63) is 59.7 Å². The van der Waals surface area contributed by atoms with Gasteiger partial charge in [0.15, 0.2) is 0 Å². The van der Waals surface area contributed by atoms with E-state index < -0.39 is 23.5 Å². The van der Waals surface area contributed by atoms with Crippen LogP contribution in [0.3, 0.4) is 0 Å². The number of carbonyl (C=O) groups is 2. The van der Waals surface area contributed by atoms with E-state index in [-0.39, 0.29) is 12.5 Å². The number of ether oxygens (including phenoxy) is 1. The van der Waals surface area contributed by atoms with Gasteiger partial charge in [0.25, 0.3) is 0 Å². The fourth-order valence-corrected chi connectivity index (χ4v) is 5.74. The fraction of sp³-hybridized carbons (Fsp3) is 0.462. The van der Waals surface area contributed by atoms with Crippen molar-refractivity contribution in [3.8, 4) is 11.1 Å². The van der Waals surface area contributed by atoms with Crippen LogP contribution in [0.2, 0.25) is 0 Å². The second-order valence-electron chi connectivity index (χ2n) is 8.83. The van der Waals surface area contributed by atoms with Crippen molar-refractivity contribution in [2.24, 2.45) is 5.92 Å². The van der Waals surface area contributed by atoms with Crippen molar-refractivity contribution in [1.29, 1.82) is 0 Å². The van der Waals surface area contributed by atoms with Crippen molar-refractivity contribution in [2.75, 3.05) is 13.7 Å². The molecule has 1 saturated carbocycles. The van der Waals surface area contributed by atoms with Crippen molar-refractivity contribution < 1.29 is 19.4 Å². The molecule has 31 heavy (non-hydrogen) atoms. The zero-order valence-electron chi connectivity index (χ0n) is 18.3. The van der Waals surface area contributed by atoms with Gasteiger partial charge in [-0.2, -0.15) is 0 Å². The smallest absolute Gasteiger partial charge is 0.410 e. The van der Waals surface area contributed by atoms with Crippen LogP contribution in [0, 0.1) is 5.92 Å². The number of hydrogen-bond donors (Lipinski definition) is 1. The minimum atomic E-state index is -0.831. The van der Waals surface area contributed by atoms with Crippen molar-refractivity contribution in [2.45, 2.75) is 56.9 Å². The molecule has 164 valence electrons. The van der Waals surface area contributed by atoms with Gasteiger partial charge in [0.05, 0.1) is 11.5 Å². The lowest BCUT2D eigenvalue weighted by Crippen LogP contribution is -2.57. The third-order valence-corrected chi connectivity index (χ3v) is 7.35. The molecule has 1 amide bonds. The Bertz CT molecular complexity index is 918. The number of carbonyl (C=O) groups excluding carboxylic acids is 1. The summed E-state index contributed by atoms with van der Waals surface area (Å²) in [4.78, 5) is 26.8. The summed E-state index contributed by atoms with van der Waals surface area (Å²) < 4.78 is 5.85. The van der Waals surface area contributed by atoms with Crippen molar-refractivity contribution in [3.63, 3.8) is 0 Å². The second-order valence-corrected chi connectivity index (χ2v) is 8.83. The molecule has 5 nitrogen and oxygen atoms in total. The quantitative estimate of drug-likeness (QED) is 0.651. The maximum absolute atomic E-state index is 13.2. The van der Waals surface area contributed by atoms with Gasteiger partial charge in [0.1, 0.15) is 6.61 Å². The average molecular weight is 422 g/mol. The standard InChI is InChI=1S/C26H31NO4/c1-3-23(24(28)29)26(15-9-4-10-16-26)27(2)25(30)31-17-22-20-13-7-5-11-18(20)19-12-6-8-14-21(19)22/h5-8,11-14,22-23H,3-4,9-10,15-17H2,1-2H3,(H,28,29). The van der Waals surface area contributed by atoms with E-state index >= 15 is 0 Å². The highest BCUT2D eigenvalue weighted by molar-refractivity contribution is 5.79. The Morgan fingerprint density at radius 1 is 1.03 bits per heavy atom. The van der Waals surface area contributed by atoms with Crippen LogP contribution in [0.4, 0.5) is 4.79 Å². The third kappa shape index (κ3) is 3.71. The Morgan fingerprint density at radius 2 is 1.58 bits per heavy atom. The van der Waals surface area contributed by atoms with Gasteiger partial charge >= 0.3 is 12.1 Å². The normalized spacial score (nSPS) is 18.0. The molecule has 1 N–H and O–H groups in total. The monoisotopic (exact) mass is 421 g/mol. The van der Waals surface area contributed by atoms with Gasteiger partial charge in [-0.15, -0.1) is 0 Å². The predicted octanol–water partition coefficient (Wildman–Crippen LogP) is 5.68. The lowest BCUT2D eigenvalue weighted by Gasteiger charge is -2.47. The number of hydrogen-bond acceptors (Lipinski definition) is 3. The maximum Gasteiger partial charge on any atom is 0.410 e. The first-order valence-corrected chi connectivity index (χ1v) is 11.3. The van der Waals surface area contributed by atoms with E-state index in [1.165, 1.54) is 22.3 Å².